The minimum absolute atomic E-state index is 0.0517. The predicted molar refractivity (Wildman–Crippen MR) is 93.7 cm³/mol. The summed E-state index contributed by atoms with van der Waals surface area (Å²) in [5, 5.41) is 11.4. The van der Waals surface area contributed by atoms with Gasteiger partial charge in [0.2, 0.25) is 11.1 Å². The van der Waals surface area contributed by atoms with E-state index in [0.717, 1.165) is 31.9 Å². The number of rotatable bonds is 7. The lowest BCUT2D eigenvalue weighted by Gasteiger charge is -2.38. The van der Waals surface area contributed by atoms with Crippen LogP contribution in [0.15, 0.2) is 6.20 Å². The summed E-state index contributed by atoms with van der Waals surface area (Å²) >= 11 is 5.93. The Kier molecular flexibility index (Phi) is 6.52. The summed E-state index contributed by atoms with van der Waals surface area (Å²) in [7, 11) is 1.34. The Morgan fingerprint density at radius 3 is 2.64 bits per heavy atom. The van der Waals surface area contributed by atoms with E-state index in [9.17, 15) is 14.9 Å². The van der Waals surface area contributed by atoms with E-state index < -0.39 is 4.92 Å². The van der Waals surface area contributed by atoms with Gasteiger partial charge in [0.25, 0.3) is 0 Å². The molecular weight excluding hydrogens is 348 g/mol. The van der Waals surface area contributed by atoms with Crippen molar-refractivity contribution in [1.29, 1.82) is 0 Å². The molecule has 0 radical (unpaired) electrons. The molecule has 1 aliphatic rings. The monoisotopic (exact) mass is 370 g/mol. The van der Waals surface area contributed by atoms with E-state index in [-0.39, 0.29) is 47.2 Å². The molecule has 0 amide bonds. The first-order valence-corrected chi connectivity index (χ1v) is 8.75. The number of hydrogen-bond acceptors (Lipinski definition) is 7. The third-order valence-electron chi connectivity index (χ3n) is 4.61. The van der Waals surface area contributed by atoms with Gasteiger partial charge in [-0.15, -0.1) is 0 Å². The second-order valence-corrected chi connectivity index (χ2v) is 6.88. The maximum Gasteiger partial charge on any atom is 0.329 e. The van der Waals surface area contributed by atoms with Crippen molar-refractivity contribution in [2.24, 2.45) is 5.92 Å². The van der Waals surface area contributed by atoms with Crippen molar-refractivity contribution >= 4 is 29.1 Å². The Labute approximate surface area is 151 Å². The van der Waals surface area contributed by atoms with Gasteiger partial charge in [0.1, 0.15) is 6.20 Å². The highest BCUT2D eigenvalue weighted by molar-refractivity contribution is 6.28. The molecule has 0 aromatic carbocycles. The molecular formula is C16H23ClN4O4. The van der Waals surface area contributed by atoms with Crippen molar-refractivity contribution in [2.75, 3.05) is 12.0 Å². The number of nitro groups is 1. The predicted octanol–water partition coefficient (Wildman–Crippen LogP) is 3.37. The number of carbonyl (C=O) groups is 1. The molecule has 1 heterocycles. The standard InChI is InChI=1S/C16H23ClN4O4/c1-10(2)12(8-14(22)25-3)20(11-6-4-5-7-11)15-13(21(23)24)9-18-16(17)19-15/h9-12H,4-8H2,1-3H3. The van der Waals surface area contributed by atoms with E-state index in [0.29, 0.717) is 0 Å². The van der Waals surface area contributed by atoms with Crippen molar-refractivity contribution in [3.8, 4) is 0 Å². The molecule has 138 valence electrons. The summed E-state index contributed by atoms with van der Waals surface area (Å²) in [6.07, 6.45) is 5.12. The molecule has 1 aromatic heterocycles. The number of nitrogens with zero attached hydrogens (tertiary/aromatic N) is 4. The lowest BCUT2D eigenvalue weighted by Crippen LogP contribution is -2.47. The summed E-state index contributed by atoms with van der Waals surface area (Å²) in [6.45, 7) is 3.95. The molecule has 1 fully saturated rings. The fourth-order valence-electron chi connectivity index (χ4n) is 3.36. The molecule has 1 saturated carbocycles. The van der Waals surface area contributed by atoms with Crippen molar-refractivity contribution in [1.82, 2.24) is 9.97 Å². The fraction of sp³-hybridized carbons (Fsp3) is 0.688. The van der Waals surface area contributed by atoms with Crippen LogP contribution in [0.2, 0.25) is 5.28 Å². The summed E-state index contributed by atoms with van der Waals surface area (Å²) in [5.41, 5.74) is -0.202. The zero-order chi connectivity index (χ0) is 18.6. The molecule has 9 heteroatoms. The SMILES string of the molecule is COC(=O)CC(C(C)C)N(c1nc(Cl)ncc1[N+](=O)[O-])C1CCCC1. The van der Waals surface area contributed by atoms with E-state index in [4.69, 9.17) is 16.3 Å². The first-order valence-electron chi connectivity index (χ1n) is 8.37. The first kappa shape index (κ1) is 19.4. The summed E-state index contributed by atoms with van der Waals surface area (Å²) in [6, 6.07) is -0.207. The van der Waals surface area contributed by atoms with Crippen LogP contribution in [-0.4, -0.2) is 40.1 Å². The van der Waals surface area contributed by atoms with Gasteiger partial charge < -0.3 is 9.64 Å². The molecule has 8 nitrogen and oxygen atoms in total. The van der Waals surface area contributed by atoms with Gasteiger partial charge in [-0.25, -0.2) is 4.98 Å². The van der Waals surface area contributed by atoms with Crippen LogP contribution in [0.25, 0.3) is 0 Å². The maximum absolute atomic E-state index is 11.9. The van der Waals surface area contributed by atoms with Crippen molar-refractivity contribution in [2.45, 2.75) is 58.0 Å². The van der Waals surface area contributed by atoms with E-state index >= 15 is 0 Å². The van der Waals surface area contributed by atoms with Crippen molar-refractivity contribution in [3.63, 3.8) is 0 Å². The van der Waals surface area contributed by atoms with Crippen molar-refractivity contribution in [3.05, 3.63) is 21.6 Å². The van der Waals surface area contributed by atoms with Gasteiger partial charge in [-0.1, -0.05) is 26.7 Å². The van der Waals surface area contributed by atoms with Crippen LogP contribution >= 0.6 is 11.6 Å². The molecule has 2 rings (SSSR count). The van der Waals surface area contributed by atoms with Gasteiger partial charge in [-0.05, 0) is 30.4 Å². The smallest absolute Gasteiger partial charge is 0.329 e. The maximum atomic E-state index is 11.9. The van der Waals surface area contributed by atoms with Crippen LogP contribution < -0.4 is 4.90 Å². The highest BCUT2D eigenvalue weighted by Gasteiger charge is 2.37. The van der Waals surface area contributed by atoms with Crippen LogP contribution in [0.1, 0.15) is 46.0 Å². The number of aromatic nitrogens is 2. The molecule has 1 unspecified atom stereocenters. The molecule has 1 atom stereocenters. The number of ether oxygens (including phenoxy) is 1. The highest BCUT2D eigenvalue weighted by atomic mass is 35.5. The van der Waals surface area contributed by atoms with E-state index in [1.54, 1.807) is 0 Å². The molecule has 0 saturated heterocycles. The van der Waals surface area contributed by atoms with Crippen LogP contribution in [0.4, 0.5) is 11.5 Å². The lowest BCUT2D eigenvalue weighted by molar-refractivity contribution is -0.384. The Bertz CT molecular complexity index is 635. The molecule has 1 aromatic rings. The summed E-state index contributed by atoms with van der Waals surface area (Å²) in [4.78, 5) is 32.7. The van der Waals surface area contributed by atoms with Crippen LogP contribution in [0, 0.1) is 16.0 Å². The number of anilines is 1. The molecule has 25 heavy (non-hydrogen) atoms. The molecule has 1 aliphatic carbocycles. The third kappa shape index (κ3) is 4.56. The van der Waals surface area contributed by atoms with E-state index in [1.165, 1.54) is 7.11 Å². The zero-order valence-corrected chi connectivity index (χ0v) is 15.4. The average molecular weight is 371 g/mol. The minimum atomic E-state index is -0.511. The van der Waals surface area contributed by atoms with E-state index in [1.807, 2.05) is 18.7 Å². The minimum Gasteiger partial charge on any atom is -0.469 e. The average Bonchev–Trinajstić information content (AvgIpc) is 3.07. The van der Waals surface area contributed by atoms with Crippen molar-refractivity contribution < 1.29 is 14.5 Å². The largest absolute Gasteiger partial charge is 0.469 e. The van der Waals surface area contributed by atoms with Gasteiger partial charge >= 0.3 is 11.7 Å². The molecule has 0 aliphatic heterocycles. The van der Waals surface area contributed by atoms with Crippen LogP contribution in [0.5, 0.6) is 0 Å². The Morgan fingerprint density at radius 2 is 2.12 bits per heavy atom. The third-order valence-corrected chi connectivity index (χ3v) is 4.79. The highest BCUT2D eigenvalue weighted by Crippen LogP contribution is 2.37. The van der Waals surface area contributed by atoms with Gasteiger partial charge in [-0.2, -0.15) is 4.98 Å². The normalized spacial score (nSPS) is 16.0. The number of methoxy groups -OCH3 is 1. The zero-order valence-electron chi connectivity index (χ0n) is 14.6. The van der Waals surface area contributed by atoms with Gasteiger partial charge in [0.15, 0.2) is 0 Å². The first-order chi connectivity index (χ1) is 11.8. The van der Waals surface area contributed by atoms with Gasteiger partial charge in [0.05, 0.1) is 18.5 Å². The second-order valence-electron chi connectivity index (χ2n) is 6.54. The fourth-order valence-corrected chi connectivity index (χ4v) is 3.49. The number of esters is 1. The number of halogens is 1. The summed E-state index contributed by atoms with van der Waals surface area (Å²) < 4.78 is 4.82. The van der Waals surface area contributed by atoms with Crippen LogP contribution in [-0.2, 0) is 9.53 Å². The topological polar surface area (TPSA) is 98.5 Å². The number of carbonyl (C=O) groups excluding carboxylic acids is 1. The van der Waals surface area contributed by atoms with Crippen LogP contribution in [0.3, 0.4) is 0 Å². The molecule has 0 bridgehead atoms. The Balaban J connectivity index is 2.53. The number of hydrogen-bond donors (Lipinski definition) is 0. The molecule has 0 N–H and O–H groups in total. The Morgan fingerprint density at radius 1 is 1.48 bits per heavy atom. The van der Waals surface area contributed by atoms with E-state index in [2.05, 4.69) is 9.97 Å². The summed E-state index contributed by atoms with van der Waals surface area (Å²) in [5.74, 6) is -0.114. The lowest BCUT2D eigenvalue weighted by atomic mass is 9.96. The van der Waals surface area contributed by atoms with Gasteiger partial charge in [-0.3, -0.25) is 14.9 Å². The second kappa shape index (κ2) is 8.42. The quantitative estimate of drug-likeness (QED) is 0.314. The Hall–Kier alpha value is -1.96. The van der Waals surface area contributed by atoms with Gasteiger partial charge in [0, 0.05) is 12.1 Å². The molecule has 0 spiro atoms.